The zero-order valence-corrected chi connectivity index (χ0v) is 24.0. The van der Waals surface area contributed by atoms with Crippen molar-refractivity contribution in [3.05, 3.63) is 113 Å². The van der Waals surface area contributed by atoms with Gasteiger partial charge in [0.15, 0.2) is 16.3 Å². The van der Waals surface area contributed by atoms with Crippen molar-refractivity contribution < 1.29 is 23.7 Å². The van der Waals surface area contributed by atoms with Crippen molar-refractivity contribution in [1.29, 1.82) is 0 Å². The lowest BCUT2D eigenvalue weighted by molar-refractivity contribution is -0.138. The molecule has 4 aromatic rings. The Bertz CT molecular complexity index is 1840. The average Bonchev–Trinajstić information content (AvgIpc) is 3.56. The quantitative estimate of drug-likeness (QED) is 0.297. The highest BCUT2D eigenvalue weighted by Gasteiger charge is 2.36. The molecule has 3 heterocycles. The molecule has 6 rings (SSSR count). The van der Waals surface area contributed by atoms with E-state index in [9.17, 15) is 9.59 Å². The Labute approximate surface area is 241 Å². The Morgan fingerprint density at radius 3 is 2.70 bits per heavy atom. The van der Waals surface area contributed by atoms with Gasteiger partial charge in [0, 0.05) is 15.6 Å². The predicted molar refractivity (Wildman–Crippen MR) is 154 cm³/mol. The van der Waals surface area contributed by atoms with Gasteiger partial charge in [-0.25, -0.2) is 9.79 Å². The minimum Gasteiger partial charge on any atom is -0.496 e. The van der Waals surface area contributed by atoms with Gasteiger partial charge in [0.2, 0.25) is 6.79 Å². The van der Waals surface area contributed by atoms with Crippen molar-refractivity contribution >= 4 is 45.0 Å². The largest absolute Gasteiger partial charge is 0.496 e. The Hall–Kier alpha value is -4.15. The van der Waals surface area contributed by atoms with Gasteiger partial charge in [-0.05, 0) is 48.9 Å². The maximum Gasteiger partial charge on any atom is 0.338 e. The Kier molecular flexibility index (Phi) is 7.03. The highest BCUT2D eigenvalue weighted by molar-refractivity contribution is 9.10. The summed E-state index contributed by atoms with van der Waals surface area (Å²) in [4.78, 5) is 33.0. The number of methoxy groups -OCH3 is 1. The summed E-state index contributed by atoms with van der Waals surface area (Å²) in [6.45, 7) is 2.02. The molecule has 0 saturated heterocycles. The molecule has 1 aromatic heterocycles. The van der Waals surface area contributed by atoms with Gasteiger partial charge in [-0.2, -0.15) is 0 Å². The summed E-state index contributed by atoms with van der Waals surface area (Å²) in [6, 6.07) is 19.6. The summed E-state index contributed by atoms with van der Waals surface area (Å²) in [5.74, 6) is 1.22. The molecule has 0 spiro atoms. The number of fused-ring (bicyclic) bond motifs is 2. The molecular formula is C30H23BrN2O6S. The van der Waals surface area contributed by atoms with E-state index >= 15 is 0 Å². The van der Waals surface area contributed by atoms with Crippen LogP contribution in [-0.2, 0) is 9.53 Å². The molecule has 2 aliphatic rings. The van der Waals surface area contributed by atoms with Crippen LogP contribution >= 0.6 is 27.3 Å². The van der Waals surface area contributed by atoms with E-state index in [4.69, 9.17) is 23.9 Å². The van der Waals surface area contributed by atoms with E-state index in [1.165, 1.54) is 11.3 Å². The van der Waals surface area contributed by atoms with Crippen LogP contribution in [0, 0.1) is 0 Å². The summed E-state index contributed by atoms with van der Waals surface area (Å²) in [5.41, 5.74) is 2.57. The van der Waals surface area contributed by atoms with Crippen LogP contribution in [0.3, 0.4) is 0 Å². The molecule has 0 saturated carbocycles. The molecule has 8 nitrogen and oxygen atoms in total. The van der Waals surface area contributed by atoms with Crippen molar-refractivity contribution in [2.45, 2.75) is 13.0 Å². The van der Waals surface area contributed by atoms with Crippen LogP contribution in [0.1, 0.15) is 29.7 Å². The molecule has 1 atom stereocenters. The summed E-state index contributed by atoms with van der Waals surface area (Å²) in [7, 11) is 1.58. The van der Waals surface area contributed by atoms with Crippen molar-refractivity contribution in [3.8, 4) is 17.2 Å². The Balaban J connectivity index is 1.66. The van der Waals surface area contributed by atoms with Gasteiger partial charge in [-0.15, -0.1) is 0 Å². The fraction of sp³-hybridized carbons (Fsp3) is 0.167. The van der Waals surface area contributed by atoms with Crippen molar-refractivity contribution in [2.24, 2.45) is 4.99 Å². The molecular weight excluding hydrogens is 596 g/mol. The second-order valence-corrected chi connectivity index (χ2v) is 10.9. The second-order valence-electron chi connectivity index (χ2n) is 8.93. The number of carbonyl (C=O) groups is 1. The third-order valence-corrected chi connectivity index (χ3v) is 8.04. The topological polar surface area (TPSA) is 88.4 Å². The number of benzene rings is 3. The summed E-state index contributed by atoms with van der Waals surface area (Å²) < 4.78 is 25.0. The second kappa shape index (κ2) is 10.8. The summed E-state index contributed by atoms with van der Waals surface area (Å²) >= 11 is 4.74. The molecule has 2 aliphatic heterocycles. The van der Waals surface area contributed by atoms with Crippen LogP contribution in [0.5, 0.6) is 17.2 Å². The molecule has 40 heavy (non-hydrogen) atoms. The molecule has 0 amide bonds. The molecule has 0 bridgehead atoms. The Morgan fingerprint density at radius 2 is 1.93 bits per heavy atom. The normalized spacial score (nSPS) is 16.0. The zero-order valence-electron chi connectivity index (χ0n) is 21.5. The number of esters is 1. The van der Waals surface area contributed by atoms with Gasteiger partial charge >= 0.3 is 5.97 Å². The maximum absolute atomic E-state index is 14.1. The van der Waals surface area contributed by atoms with Gasteiger partial charge in [-0.3, -0.25) is 9.36 Å². The van der Waals surface area contributed by atoms with E-state index in [2.05, 4.69) is 15.9 Å². The SMILES string of the molecule is CCOC(=O)C1=C(c2ccccc2)N=c2sc(=Cc3cc(Br)ccc3OC)c(=O)n2C1c1ccc2c(c1)OCO2. The number of carbonyl (C=O) groups excluding carboxylic acids is 1. The zero-order chi connectivity index (χ0) is 27.8. The highest BCUT2D eigenvalue weighted by atomic mass is 79.9. The number of ether oxygens (including phenoxy) is 4. The van der Waals surface area contributed by atoms with Gasteiger partial charge < -0.3 is 18.9 Å². The monoisotopic (exact) mass is 618 g/mol. The minimum atomic E-state index is -0.813. The third-order valence-electron chi connectivity index (χ3n) is 6.56. The summed E-state index contributed by atoms with van der Waals surface area (Å²) in [6.07, 6.45) is 1.78. The van der Waals surface area contributed by atoms with Gasteiger partial charge in [0.25, 0.3) is 5.56 Å². The number of thiazole rings is 1. The highest BCUT2D eigenvalue weighted by Crippen LogP contribution is 2.40. The number of halogens is 1. The first-order valence-corrected chi connectivity index (χ1v) is 14.1. The van der Waals surface area contributed by atoms with Crippen LogP contribution < -0.4 is 29.1 Å². The van der Waals surface area contributed by atoms with Crippen molar-refractivity contribution in [2.75, 3.05) is 20.5 Å². The first-order chi connectivity index (χ1) is 19.5. The first-order valence-electron chi connectivity index (χ1n) is 12.5. The molecule has 0 fully saturated rings. The van der Waals surface area contributed by atoms with E-state index in [1.54, 1.807) is 36.8 Å². The average molecular weight is 619 g/mol. The maximum atomic E-state index is 14.1. The molecule has 202 valence electrons. The molecule has 3 aromatic carbocycles. The van der Waals surface area contributed by atoms with E-state index in [-0.39, 0.29) is 24.5 Å². The van der Waals surface area contributed by atoms with Crippen molar-refractivity contribution in [1.82, 2.24) is 4.57 Å². The third kappa shape index (κ3) is 4.63. The van der Waals surface area contributed by atoms with E-state index < -0.39 is 12.0 Å². The number of aromatic nitrogens is 1. The van der Waals surface area contributed by atoms with Crippen LogP contribution in [0.4, 0.5) is 0 Å². The van der Waals surface area contributed by atoms with Crippen LogP contribution in [0.25, 0.3) is 11.8 Å². The predicted octanol–water partition coefficient (Wildman–Crippen LogP) is 4.44. The first kappa shape index (κ1) is 26.1. The lowest BCUT2D eigenvalue weighted by Crippen LogP contribution is -2.40. The van der Waals surface area contributed by atoms with Gasteiger partial charge in [0.05, 0.1) is 35.6 Å². The number of rotatable bonds is 6. The number of hydrogen-bond donors (Lipinski definition) is 0. The van der Waals surface area contributed by atoms with E-state index in [0.29, 0.717) is 37.8 Å². The number of hydrogen-bond acceptors (Lipinski definition) is 8. The lowest BCUT2D eigenvalue weighted by atomic mass is 9.93. The molecule has 10 heteroatoms. The van der Waals surface area contributed by atoms with E-state index in [1.807, 2.05) is 54.6 Å². The molecule has 1 unspecified atom stereocenters. The van der Waals surface area contributed by atoms with Crippen LogP contribution in [0.2, 0.25) is 0 Å². The Morgan fingerprint density at radius 1 is 1.12 bits per heavy atom. The summed E-state index contributed by atoms with van der Waals surface area (Å²) in [5, 5.41) is 0. The fourth-order valence-corrected chi connectivity index (χ4v) is 6.17. The minimum absolute atomic E-state index is 0.103. The standard InChI is InChI=1S/C30H23BrN2O6S/c1-3-37-29(35)25-26(17-7-5-4-6-8-17)32-30-33(27(25)18-9-11-22-23(14-18)39-16-38-22)28(34)24(40-30)15-19-13-20(31)10-12-21(19)36-2/h4-15,27H,3,16H2,1-2H3. The van der Waals surface area contributed by atoms with Gasteiger partial charge in [0.1, 0.15) is 5.75 Å². The van der Waals surface area contributed by atoms with Crippen LogP contribution in [-0.4, -0.2) is 31.0 Å². The smallest absolute Gasteiger partial charge is 0.338 e. The fourth-order valence-electron chi connectivity index (χ4n) is 4.80. The number of nitrogens with zero attached hydrogens (tertiary/aromatic N) is 2. The van der Waals surface area contributed by atoms with Gasteiger partial charge in [-0.1, -0.05) is 63.7 Å². The lowest BCUT2D eigenvalue weighted by Gasteiger charge is -2.26. The van der Waals surface area contributed by atoms with E-state index in [0.717, 1.165) is 15.6 Å². The molecule has 0 N–H and O–H groups in total. The van der Waals surface area contributed by atoms with Crippen molar-refractivity contribution in [3.63, 3.8) is 0 Å². The molecule has 0 aliphatic carbocycles. The molecule has 0 radical (unpaired) electrons. The van der Waals surface area contributed by atoms with Crippen LogP contribution in [0.15, 0.2) is 86.6 Å².